The summed E-state index contributed by atoms with van der Waals surface area (Å²) in [5.74, 6) is 0. The van der Waals surface area contributed by atoms with E-state index in [0.29, 0.717) is 4.60 Å². The van der Waals surface area contributed by atoms with E-state index in [4.69, 9.17) is 0 Å². The molecule has 0 bridgehead atoms. The number of aromatic nitrogens is 3. The van der Waals surface area contributed by atoms with Gasteiger partial charge >= 0.3 is 0 Å². The van der Waals surface area contributed by atoms with Crippen LogP contribution in [0.3, 0.4) is 0 Å². The first-order valence-electron chi connectivity index (χ1n) is 4.90. The van der Waals surface area contributed by atoms with Gasteiger partial charge in [0.25, 0.3) is 0 Å². The molecule has 0 spiro atoms. The fourth-order valence-electron chi connectivity index (χ4n) is 1.51. The molecule has 6 heteroatoms. The average molecular weight is 302 g/mol. The van der Waals surface area contributed by atoms with Gasteiger partial charge < -0.3 is 9.67 Å². The maximum atomic E-state index is 10.3. The van der Waals surface area contributed by atoms with Crippen molar-refractivity contribution in [3.8, 4) is 0 Å². The van der Waals surface area contributed by atoms with Crippen LogP contribution in [0.1, 0.15) is 36.6 Å². The van der Waals surface area contributed by atoms with Crippen LogP contribution in [0.5, 0.6) is 0 Å². The summed E-state index contributed by atoms with van der Waals surface area (Å²) in [5.41, 5.74) is 2.50. The van der Waals surface area contributed by atoms with Gasteiger partial charge in [0.2, 0.25) is 0 Å². The highest BCUT2D eigenvalue weighted by Gasteiger charge is 2.20. The molecule has 0 amide bonds. The molecule has 0 aliphatic carbocycles. The molecule has 0 saturated heterocycles. The maximum Gasteiger partial charge on any atom is 0.132 e. The van der Waals surface area contributed by atoms with Gasteiger partial charge in [-0.2, -0.15) is 0 Å². The smallest absolute Gasteiger partial charge is 0.132 e. The fourth-order valence-corrected chi connectivity index (χ4v) is 2.92. The summed E-state index contributed by atoms with van der Waals surface area (Å²) in [5, 5.41) is 10.3. The zero-order valence-corrected chi connectivity index (χ0v) is 11.4. The Balaban J connectivity index is 2.38. The SMILES string of the molecule is CC(C)n1cncc1C(O)c1scnc1Br. The van der Waals surface area contributed by atoms with Gasteiger partial charge in [-0.1, -0.05) is 0 Å². The molecule has 4 nitrogen and oxygen atoms in total. The Morgan fingerprint density at radius 3 is 2.81 bits per heavy atom. The van der Waals surface area contributed by atoms with Crippen molar-refractivity contribution >= 4 is 27.3 Å². The molecular weight excluding hydrogens is 290 g/mol. The molecular formula is C10H12BrN3OS. The summed E-state index contributed by atoms with van der Waals surface area (Å²) < 4.78 is 2.65. The van der Waals surface area contributed by atoms with Crippen molar-refractivity contribution in [1.82, 2.24) is 14.5 Å². The predicted molar refractivity (Wildman–Crippen MR) is 66.5 cm³/mol. The molecule has 1 atom stereocenters. The van der Waals surface area contributed by atoms with Crippen molar-refractivity contribution in [2.24, 2.45) is 0 Å². The molecule has 0 aliphatic heterocycles. The highest BCUT2D eigenvalue weighted by atomic mass is 79.9. The molecule has 1 N–H and O–H groups in total. The van der Waals surface area contributed by atoms with Crippen molar-refractivity contribution in [2.45, 2.75) is 26.0 Å². The fraction of sp³-hybridized carbons (Fsp3) is 0.400. The van der Waals surface area contributed by atoms with Crippen LogP contribution in [0.4, 0.5) is 0 Å². The Bertz CT molecular complexity index is 480. The lowest BCUT2D eigenvalue weighted by Gasteiger charge is -2.15. The molecule has 0 saturated carbocycles. The predicted octanol–water partition coefficient (Wildman–Crippen LogP) is 2.76. The highest BCUT2D eigenvalue weighted by molar-refractivity contribution is 9.10. The van der Waals surface area contributed by atoms with E-state index in [-0.39, 0.29) is 6.04 Å². The second-order valence-electron chi connectivity index (χ2n) is 3.73. The Labute approximate surface area is 106 Å². The van der Waals surface area contributed by atoms with Gasteiger partial charge in [0, 0.05) is 6.04 Å². The molecule has 0 aliphatic rings. The minimum Gasteiger partial charge on any atom is -0.381 e. The van der Waals surface area contributed by atoms with Crippen LogP contribution in [0.15, 0.2) is 22.6 Å². The first kappa shape index (κ1) is 11.8. The number of rotatable bonds is 3. The zero-order chi connectivity index (χ0) is 11.7. The molecule has 16 heavy (non-hydrogen) atoms. The van der Waals surface area contributed by atoms with Gasteiger partial charge in [-0.25, -0.2) is 9.97 Å². The first-order valence-corrected chi connectivity index (χ1v) is 6.57. The molecule has 2 aromatic heterocycles. The van der Waals surface area contributed by atoms with Crippen molar-refractivity contribution in [1.29, 1.82) is 0 Å². The third kappa shape index (κ3) is 2.05. The summed E-state index contributed by atoms with van der Waals surface area (Å²) in [6.07, 6.45) is 2.75. The van der Waals surface area contributed by atoms with E-state index in [0.717, 1.165) is 10.6 Å². The van der Waals surface area contributed by atoms with E-state index in [1.165, 1.54) is 11.3 Å². The van der Waals surface area contributed by atoms with Crippen molar-refractivity contribution < 1.29 is 5.11 Å². The normalized spacial score (nSPS) is 13.3. The van der Waals surface area contributed by atoms with Crippen LogP contribution >= 0.6 is 27.3 Å². The molecule has 86 valence electrons. The molecule has 2 heterocycles. The number of nitrogens with zero attached hydrogens (tertiary/aromatic N) is 3. The van der Waals surface area contributed by atoms with Crippen LogP contribution < -0.4 is 0 Å². The summed E-state index contributed by atoms with van der Waals surface area (Å²) >= 11 is 4.75. The number of aliphatic hydroxyl groups is 1. The van der Waals surface area contributed by atoms with E-state index in [1.54, 1.807) is 18.0 Å². The Morgan fingerprint density at radius 1 is 1.50 bits per heavy atom. The number of hydrogen-bond donors (Lipinski definition) is 1. The van der Waals surface area contributed by atoms with Gasteiger partial charge in [0.15, 0.2) is 0 Å². The first-order chi connectivity index (χ1) is 7.61. The molecule has 0 radical (unpaired) electrons. The van der Waals surface area contributed by atoms with Crippen LogP contribution in [0.2, 0.25) is 0 Å². The van der Waals surface area contributed by atoms with Gasteiger partial charge in [0.1, 0.15) is 10.7 Å². The number of imidazole rings is 1. The topological polar surface area (TPSA) is 50.9 Å². The molecule has 0 aromatic carbocycles. The largest absolute Gasteiger partial charge is 0.381 e. The standard InChI is InChI=1S/C10H12BrN3OS/c1-6(2)14-4-12-3-7(14)8(15)9-10(11)13-5-16-9/h3-6,8,15H,1-2H3. The van der Waals surface area contributed by atoms with E-state index in [9.17, 15) is 5.11 Å². The number of halogens is 1. The van der Waals surface area contributed by atoms with E-state index >= 15 is 0 Å². The molecule has 1 unspecified atom stereocenters. The minimum atomic E-state index is -0.674. The summed E-state index contributed by atoms with van der Waals surface area (Å²) in [4.78, 5) is 8.95. The summed E-state index contributed by atoms with van der Waals surface area (Å²) in [6, 6.07) is 0.277. The lowest BCUT2D eigenvalue weighted by atomic mass is 10.2. The van der Waals surface area contributed by atoms with Crippen LogP contribution in [-0.2, 0) is 0 Å². The van der Waals surface area contributed by atoms with Crippen LogP contribution in [0, 0.1) is 0 Å². The van der Waals surface area contributed by atoms with Gasteiger partial charge in [-0.05, 0) is 29.8 Å². The monoisotopic (exact) mass is 301 g/mol. The highest BCUT2D eigenvalue weighted by Crippen LogP contribution is 2.31. The van der Waals surface area contributed by atoms with Gasteiger partial charge in [0.05, 0.1) is 28.6 Å². The molecule has 0 fully saturated rings. The van der Waals surface area contributed by atoms with E-state index in [2.05, 4.69) is 39.7 Å². The summed E-state index contributed by atoms with van der Waals surface area (Å²) in [7, 11) is 0. The van der Waals surface area contributed by atoms with E-state index < -0.39 is 6.10 Å². The average Bonchev–Trinajstić information content (AvgIpc) is 2.84. The van der Waals surface area contributed by atoms with Crippen molar-refractivity contribution in [3.05, 3.63) is 33.2 Å². The maximum absolute atomic E-state index is 10.3. The third-order valence-corrected chi connectivity index (χ3v) is 4.11. The van der Waals surface area contributed by atoms with Crippen molar-refractivity contribution in [3.63, 3.8) is 0 Å². The third-order valence-electron chi connectivity index (χ3n) is 2.33. The molecule has 2 aromatic rings. The van der Waals surface area contributed by atoms with Gasteiger partial charge in [-0.15, -0.1) is 11.3 Å². The van der Waals surface area contributed by atoms with Crippen LogP contribution in [0.25, 0.3) is 0 Å². The lowest BCUT2D eigenvalue weighted by Crippen LogP contribution is -2.09. The number of aliphatic hydroxyl groups excluding tert-OH is 1. The number of thiazole rings is 1. The number of hydrogen-bond acceptors (Lipinski definition) is 4. The quantitative estimate of drug-likeness (QED) is 0.948. The van der Waals surface area contributed by atoms with Crippen molar-refractivity contribution in [2.75, 3.05) is 0 Å². The molecule has 2 rings (SSSR count). The Hall–Kier alpha value is -0.720. The summed E-state index contributed by atoms with van der Waals surface area (Å²) in [6.45, 7) is 4.11. The second kappa shape index (κ2) is 4.65. The van der Waals surface area contributed by atoms with Gasteiger partial charge in [-0.3, -0.25) is 0 Å². The Morgan fingerprint density at radius 2 is 2.25 bits per heavy atom. The second-order valence-corrected chi connectivity index (χ2v) is 5.37. The minimum absolute atomic E-state index is 0.277. The van der Waals surface area contributed by atoms with Crippen LogP contribution in [-0.4, -0.2) is 19.6 Å². The Kier molecular flexibility index (Phi) is 3.41. The lowest BCUT2D eigenvalue weighted by molar-refractivity contribution is 0.210. The zero-order valence-electron chi connectivity index (χ0n) is 8.96. The van der Waals surface area contributed by atoms with E-state index in [1.807, 2.05) is 4.57 Å².